The average Bonchev–Trinajstić information content (AvgIpc) is 2.74. The fourth-order valence-electron chi connectivity index (χ4n) is 3.87. The third-order valence-corrected chi connectivity index (χ3v) is 5.66. The molecule has 1 atom stereocenters. The molecule has 0 aliphatic carbocycles. The van der Waals surface area contributed by atoms with Gasteiger partial charge >= 0.3 is 0 Å². The first-order chi connectivity index (χ1) is 14.4. The van der Waals surface area contributed by atoms with Gasteiger partial charge in [-0.05, 0) is 45.0 Å². The van der Waals surface area contributed by atoms with Crippen LogP contribution >= 0.6 is 0 Å². The van der Waals surface area contributed by atoms with Gasteiger partial charge in [0, 0.05) is 56.7 Å². The van der Waals surface area contributed by atoms with Crippen LogP contribution in [0.4, 0.5) is 11.4 Å². The van der Waals surface area contributed by atoms with Crippen LogP contribution < -0.4 is 15.5 Å². The summed E-state index contributed by atoms with van der Waals surface area (Å²) in [6.07, 6.45) is 0. The van der Waals surface area contributed by atoms with Gasteiger partial charge in [0.05, 0.1) is 25.8 Å². The van der Waals surface area contributed by atoms with Gasteiger partial charge in [-0.1, -0.05) is 0 Å². The normalized spacial score (nSPS) is 19.5. The van der Waals surface area contributed by atoms with E-state index in [1.54, 1.807) is 0 Å². The van der Waals surface area contributed by atoms with Crippen molar-refractivity contribution in [2.75, 3.05) is 69.2 Å². The van der Waals surface area contributed by atoms with Crippen molar-refractivity contribution in [1.82, 2.24) is 15.1 Å². The van der Waals surface area contributed by atoms with E-state index in [2.05, 4.69) is 25.3 Å². The molecule has 0 bridgehead atoms. The lowest BCUT2D eigenvalue weighted by Gasteiger charge is -2.37. The van der Waals surface area contributed by atoms with E-state index in [0.29, 0.717) is 6.54 Å². The van der Waals surface area contributed by atoms with Gasteiger partial charge in [-0.25, -0.2) is 0 Å². The summed E-state index contributed by atoms with van der Waals surface area (Å²) in [6, 6.07) is 7.96. The molecule has 2 heterocycles. The zero-order valence-electron chi connectivity index (χ0n) is 18.4. The van der Waals surface area contributed by atoms with E-state index in [1.165, 1.54) is 0 Å². The second-order valence-corrected chi connectivity index (χ2v) is 8.35. The molecule has 166 valence electrons. The predicted octanol–water partition coefficient (Wildman–Crippen LogP) is 0.992. The van der Waals surface area contributed by atoms with Gasteiger partial charge in [0.2, 0.25) is 11.8 Å². The lowest BCUT2D eigenvalue weighted by molar-refractivity contribution is -0.125. The molecule has 2 N–H and O–H groups in total. The van der Waals surface area contributed by atoms with Crippen LogP contribution in [0.2, 0.25) is 0 Å². The lowest BCUT2D eigenvalue weighted by atomic mass is 10.2. The number of nitrogens with zero attached hydrogens (tertiary/aromatic N) is 3. The Morgan fingerprint density at radius 2 is 1.60 bits per heavy atom. The van der Waals surface area contributed by atoms with Crippen LogP contribution in [0.25, 0.3) is 0 Å². The summed E-state index contributed by atoms with van der Waals surface area (Å²) in [7, 11) is 0. The van der Waals surface area contributed by atoms with Crippen molar-refractivity contribution in [3.63, 3.8) is 0 Å². The highest BCUT2D eigenvalue weighted by atomic mass is 16.5. The van der Waals surface area contributed by atoms with Crippen LogP contribution in [0.15, 0.2) is 24.3 Å². The van der Waals surface area contributed by atoms with Crippen molar-refractivity contribution in [2.45, 2.75) is 32.9 Å². The van der Waals surface area contributed by atoms with Crippen molar-refractivity contribution >= 4 is 23.2 Å². The van der Waals surface area contributed by atoms with E-state index in [9.17, 15) is 9.59 Å². The predicted molar refractivity (Wildman–Crippen MR) is 119 cm³/mol. The Morgan fingerprint density at radius 3 is 2.20 bits per heavy atom. The summed E-state index contributed by atoms with van der Waals surface area (Å²) in [5.41, 5.74) is 1.97. The molecule has 1 aromatic carbocycles. The average molecular weight is 418 g/mol. The fourth-order valence-corrected chi connectivity index (χ4v) is 3.87. The van der Waals surface area contributed by atoms with E-state index >= 15 is 0 Å². The standard InChI is InChI=1S/C22H35N5O3/c1-17(2)23-21(28)16-25-8-10-26(11-9-25)18(3)22(29)24-19-4-6-20(7-5-19)27-12-14-30-15-13-27/h4-7,17-18H,8-16H2,1-3H3,(H,23,28)(H,24,29)/t18-/m0/s1. The molecular formula is C22H35N5O3. The van der Waals surface area contributed by atoms with Crippen LogP contribution in [-0.2, 0) is 14.3 Å². The molecular weight excluding hydrogens is 382 g/mol. The lowest BCUT2D eigenvalue weighted by Crippen LogP contribution is -2.54. The number of benzene rings is 1. The molecule has 0 unspecified atom stereocenters. The first-order valence-corrected chi connectivity index (χ1v) is 10.9. The summed E-state index contributed by atoms with van der Waals surface area (Å²) in [5.74, 6) is 0.0601. The van der Waals surface area contributed by atoms with Crippen molar-refractivity contribution in [2.24, 2.45) is 0 Å². The second-order valence-electron chi connectivity index (χ2n) is 8.35. The number of morpholine rings is 1. The maximum absolute atomic E-state index is 12.7. The van der Waals surface area contributed by atoms with E-state index < -0.39 is 0 Å². The number of piperazine rings is 1. The number of ether oxygens (including phenoxy) is 1. The molecule has 1 aromatic rings. The van der Waals surface area contributed by atoms with Gasteiger partial charge in [0.15, 0.2) is 0 Å². The molecule has 3 rings (SSSR count). The minimum Gasteiger partial charge on any atom is -0.378 e. The molecule has 2 aliphatic rings. The Labute approximate surface area is 179 Å². The Bertz CT molecular complexity index is 695. The SMILES string of the molecule is CC(C)NC(=O)CN1CCN([C@@H](C)C(=O)Nc2ccc(N3CCOCC3)cc2)CC1. The summed E-state index contributed by atoms with van der Waals surface area (Å²) in [4.78, 5) is 31.3. The number of rotatable bonds is 7. The number of nitrogens with one attached hydrogen (secondary N) is 2. The van der Waals surface area contributed by atoms with E-state index in [4.69, 9.17) is 4.74 Å². The van der Waals surface area contributed by atoms with E-state index in [-0.39, 0.29) is 23.9 Å². The smallest absolute Gasteiger partial charge is 0.241 e. The Hall–Kier alpha value is -2.16. The second kappa shape index (κ2) is 10.7. The Morgan fingerprint density at radius 1 is 0.967 bits per heavy atom. The van der Waals surface area contributed by atoms with Gasteiger partial charge in [0.1, 0.15) is 0 Å². The fraction of sp³-hybridized carbons (Fsp3) is 0.636. The molecule has 8 nitrogen and oxygen atoms in total. The highest BCUT2D eigenvalue weighted by molar-refractivity contribution is 5.94. The monoisotopic (exact) mass is 417 g/mol. The molecule has 0 spiro atoms. The van der Waals surface area contributed by atoms with Gasteiger partial charge in [-0.15, -0.1) is 0 Å². The molecule has 8 heteroatoms. The summed E-state index contributed by atoms with van der Waals surface area (Å²) in [6.45, 7) is 12.7. The van der Waals surface area contributed by atoms with Crippen LogP contribution in [0.5, 0.6) is 0 Å². The molecule has 2 fully saturated rings. The third kappa shape index (κ3) is 6.42. The topological polar surface area (TPSA) is 77.2 Å². The third-order valence-electron chi connectivity index (χ3n) is 5.66. The Kier molecular flexibility index (Phi) is 8.07. The minimum absolute atomic E-state index is 0.000114. The first kappa shape index (κ1) is 22.5. The molecule has 0 radical (unpaired) electrons. The molecule has 0 saturated carbocycles. The maximum Gasteiger partial charge on any atom is 0.241 e. The largest absolute Gasteiger partial charge is 0.378 e. The number of hydrogen-bond acceptors (Lipinski definition) is 6. The summed E-state index contributed by atoms with van der Waals surface area (Å²) in [5, 5.41) is 5.96. The number of anilines is 2. The number of amides is 2. The van der Waals surface area contributed by atoms with E-state index in [1.807, 2.05) is 45.0 Å². The van der Waals surface area contributed by atoms with Crippen molar-refractivity contribution < 1.29 is 14.3 Å². The summed E-state index contributed by atoms with van der Waals surface area (Å²) >= 11 is 0. The van der Waals surface area contributed by atoms with Crippen molar-refractivity contribution in [3.8, 4) is 0 Å². The van der Waals surface area contributed by atoms with Crippen molar-refractivity contribution in [3.05, 3.63) is 24.3 Å². The highest BCUT2D eigenvalue weighted by Gasteiger charge is 2.26. The zero-order chi connectivity index (χ0) is 21.5. The van der Waals surface area contributed by atoms with Crippen molar-refractivity contribution in [1.29, 1.82) is 0 Å². The summed E-state index contributed by atoms with van der Waals surface area (Å²) < 4.78 is 5.40. The van der Waals surface area contributed by atoms with Crippen LogP contribution in [0, 0.1) is 0 Å². The molecule has 2 amide bonds. The Balaban J connectivity index is 1.44. The number of carbonyl (C=O) groups excluding carboxylic acids is 2. The van der Waals surface area contributed by atoms with Crippen LogP contribution in [0.3, 0.4) is 0 Å². The quantitative estimate of drug-likeness (QED) is 0.689. The minimum atomic E-state index is -0.212. The zero-order valence-corrected chi connectivity index (χ0v) is 18.4. The van der Waals surface area contributed by atoms with Crippen LogP contribution in [-0.4, -0.2) is 92.7 Å². The van der Waals surface area contributed by atoms with Gasteiger partial charge in [0.25, 0.3) is 0 Å². The van der Waals surface area contributed by atoms with Gasteiger partial charge in [-0.2, -0.15) is 0 Å². The molecule has 30 heavy (non-hydrogen) atoms. The van der Waals surface area contributed by atoms with Gasteiger partial charge in [-0.3, -0.25) is 19.4 Å². The number of hydrogen-bond donors (Lipinski definition) is 2. The first-order valence-electron chi connectivity index (χ1n) is 10.9. The van der Waals surface area contributed by atoms with E-state index in [0.717, 1.165) is 63.9 Å². The van der Waals surface area contributed by atoms with Gasteiger partial charge < -0.3 is 20.3 Å². The van der Waals surface area contributed by atoms with Crippen LogP contribution in [0.1, 0.15) is 20.8 Å². The molecule has 2 aliphatic heterocycles. The molecule has 0 aromatic heterocycles. The molecule has 2 saturated heterocycles. The maximum atomic E-state index is 12.7. The highest BCUT2D eigenvalue weighted by Crippen LogP contribution is 2.19. The number of carbonyl (C=O) groups is 2.